The van der Waals surface area contributed by atoms with Crippen molar-refractivity contribution in [2.45, 2.75) is 13.3 Å². The second kappa shape index (κ2) is 12.4. The number of hydrogen-bond donors (Lipinski definition) is 0. The molecule has 3 rings (SSSR count). The van der Waals surface area contributed by atoms with Crippen molar-refractivity contribution in [2.24, 2.45) is 0 Å². The van der Waals surface area contributed by atoms with E-state index in [-0.39, 0.29) is 5.78 Å². The minimum absolute atomic E-state index is 0.0315. The second-order valence-electron chi connectivity index (χ2n) is 8.28. The van der Waals surface area contributed by atoms with Crippen LogP contribution < -0.4 is 28.4 Å². The summed E-state index contributed by atoms with van der Waals surface area (Å²) < 4.78 is 32.9. The molecule has 0 saturated carbocycles. The summed E-state index contributed by atoms with van der Waals surface area (Å²) >= 11 is 0. The molecule has 0 bridgehead atoms. The number of methoxy groups -OCH3 is 6. The number of carbonyl (C=O) groups excluding carboxylic acids is 1. The molecule has 0 aliphatic carbocycles. The minimum Gasteiger partial charge on any atom is -0.496 e. The van der Waals surface area contributed by atoms with E-state index in [4.69, 9.17) is 28.4 Å². The zero-order chi connectivity index (χ0) is 26.2. The first-order valence-electron chi connectivity index (χ1n) is 11.7. The Morgan fingerprint density at radius 1 is 0.639 bits per heavy atom. The third-order valence-corrected chi connectivity index (χ3v) is 6.04. The summed E-state index contributed by atoms with van der Waals surface area (Å²) in [4.78, 5) is 15.9. The predicted octanol–water partition coefficient (Wildman–Crippen LogP) is 4.50. The lowest BCUT2D eigenvalue weighted by atomic mass is 9.93. The summed E-state index contributed by atoms with van der Waals surface area (Å²) in [6.45, 7) is 4.04. The topological polar surface area (TPSA) is 75.7 Å². The molecule has 1 saturated heterocycles. The van der Waals surface area contributed by atoms with Crippen molar-refractivity contribution in [3.63, 3.8) is 0 Å². The molecule has 36 heavy (non-hydrogen) atoms. The molecule has 0 aromatic heterocycles. The molecule has 2 aromatic rings. The number of piperidine rings is 1. The van der Waals surface area contributed by atoms with Crippen molar-refractivity contribution < 1.29 is 33.2 Å². The molecule has 1 aliphatic heterocycles. The van der Waals surface area contributed by atoms with E-state index < -0.39 is 0 Å². The number of rotatable bonds is 10. The number of Topliss-reactive ketones (excluding diaryl/α,β-unsaturated/α-hetero) is 1. The summed E-state index contributed by atoms with van der Waals surface area (Å²) in [5.41, 5.74) is 2.79. The average molecular weight is 498 g/mol. The zero-order valence-electron chi connectivity index (χ0n) is 22.1. The molecule has 0 spiro atoms. The fourth-order valence-electron chi connectivity index (χ4n) is 4.29. The fraction of sp³-hybridized carbons (Fsp3) is 0.393. The molecular weight excluding hydrogens is 462 g/mol. The number of ketones is 1. The van der Waals surface area contributed by atoms with Gasteiger partial charge in [0.25, 0.3) is 0 Å². The molecule has 1 heterocycles. The Labute approximate surface area is 213 Å². The maximum Gasteiger partial charge on any atom is 0.187 e. The largest absolute Gasteiger partial charge is 0.496 e. The number of likely N-dealkylation sites (tertiary alicyclic amines) is 1. The zero-order valence-corrected chi connectivity index (χ0v) is 22.1. The standard InChI is InChI=1S/C28H35NO7/c1-8-9-29-16-20(10-18-12-24(33-4)26(35-6)14-22(18)31-2)28(30)21(17-29)11-19-13-25(34-5)27(36-7)15-23(19)32-3/h10-15H,8-9,16-17H2,1-7H3/b20-10+,21-11+. The minimum atomic E-state index is -0.0315. The molecule has 0 atom stereocenters. The fourth-order valence-corrected chi connectivity index (χ4v) is 4.29. The third-order valence-electron chi connectivity index (χ3n) is 6.04. The number of ether oxygens (including phenoxy) is 6. The van der Waals surface area contributed by atoms with Gasteiger partial charge in [-0.1, -0.05) is 6.92 Å². The van der Waals surface area contributed by atoms with Gasteiger partial charge in [0.05, 0.1) is 42.7 Å². The maximum atomic E-state index is 13.7. The van der Waals surface area contributed by atoms with Crippen LogP contribution in [0.2, 0.25) is 0 Å². The highest BCUT2D eigenvalue weighted by Crippen LogP contribution is 2.38. The van der Waals surface area contributed by atoms with Crippen molar-refractivity contribution >= 4 is 17.9 Å². The molecule has 194 valence electrons. The van der Waals surface area contributed by atoms with Crippen LogP contribution in [0.3, 0.4) is 0 Å². The van der Waals surface area contributed by atoms with Crippen LogP contribution in [0.5, 0.6) is 34.5 Å². The normalized spacial score (nSPS) is 16.2. The van der Waals surface area contributed by atoms with Gasteiger partial charge < -0.3 is 28.4 Å². The predicted molar refractivity (Wildman–Crippen MR) is 140 cm³/mol. The molecule has 0 N–H and O–H groups in total. The van der Waals surface area contributed by atoms with Crippen LogP contribution in [-0.4, -0.2) is 73.0 Å². The van der Waals surface area contributed by atoms with Gasteiger partial charge in [-0.3, -0.25) is 9.69 Å². The monoisotopic (exact) mass is 497 g/mol. The summed E-state index contributed by atoms with van der Waals surface area (Å²) in [5, 5.41) is 0. The van der Waals surface area contributed by atoms with Crippen LogP contribution in [0.15, 0.2) is 35.4 Å². The van der Waals surface area contributed by atoms with Gasteiger partial charge in [-0.05, 0) is 37.3 Å². The number of benzene rings is 2. The van der Waals surface area contributed by atoms with Gasteiger partial charge in [0.15, 0.2) is 28.8 Å². The molecule has 1 fully saturated rings. The van der Waals surface area contributed by atoms with E-state index in [2.05, 4.69) is 11.8 Å². The van der Waals surface area contributed by atoms with Crippen LogP contribution in [0.25, 0.3) is 12.2 Å². The van der Waals surface area contributed by atoms with Crippen LogP contribution in [0.1, 0.15) is 24.5 Å². The Morgan fingerprint density at radius 3 is 1.33 bits per heavy atom. The van der Waals surface area contributed by atoms with Gasteiger partial charge in [0, 0.05) is 47.5 Å². The van der Waals surface area contributed by atoms with Crippen molar-refractivity contribution in [1.82, 2.24) is 4.90 Å². The van der Waals surface area contributed by atoms with Crippen molar-refractivity contribution in [3.8, 4) is 34.5 Å². The Hall–Kier alpha value is -3.65. The number of hydrogen-bond acceptors (Lipinski definition) is 8. The van der Waals surface area contributed by atoms with Gasteiger partial charge >= 0.3 is 0 Å². The van der Waals surface area contributed by atoms with E-state index >= 15 is 0 Å². The Bertz CT molecular complexity index is 1070. The van der Waals surface area contributed by atoms with Crippen LogP contribution >= 0.6 is 0 Å². The molecule has 8 heteroatoms. The SMILES string of the molecule is CCCN1C/C(=C\c2cc(OC)c(OC)cc2OC)C(=O)/C(=C/c2cc(OC)c(OC)cc2OC)C1. The van der Waals surface area contributed by atoms with Crippen molar-refractivity contribution in [3.05, 3.63) is 46.5 Å². The highest BCUT2D eigenvalue weighted by Gasteiger charge is 2.27. The molecular formula is C28H35NO7. The number of carbonyl (C=O) groups is 1. The third kappa shape index (κ3) is 5.76. The first kappa shape index (κ1) is 26.9. The highest BCUT2D eigenvalue weighted by atomic mass is 16.5. The lowest BCUT2D eigenvalue weighted by Gasteiger charge is -2.29. The second-order valence-corrected chi connectivity index (χ2v) is 8.28. The van der Waals surface area contributed by atoms with E-state index in [0.29, 0.717) is 58.7 Å². The van der Waals surface area contributed by atoms with Crippen molar-refractivity contribution in [2.75, 3.05) is 62.3 Å². The van der Waals surface area contributed by atoms with E-state index in [1.807, 2.05) is 24.3 Å². The summed E-state index contributed by atoms with van der Waals surface area (Å²) in [5.74, 6) is 3.38. The van der Waals surface area contributed by atoms with Gasteiger partial charge in [0.1, 0.15) is 11.5 Å². The first-order valence-corrected chi connectivity index (χ1v) is 11.7. The van der Waals surface area contributed by atoms with E-state index in [9.17, 15) is 4.79 Å². The van der Waals surface area contributed by atoms with Gasteiger partial charge in [-0.25, -0.2) is 0 Å². The number of nitrogens with zero attached hydrogens (tertiary/aromatic N) is 1. The lowest BCUT2D eigenvalue weighted by molar-refractivity contribution is -0.113. The van der Waals surface area contributed by atoms with Gasteiger partial charge in [-0.2, -0.15) is 0 Å². The molecule has 1 aliphatic rings. The molecule has 0 amide bonds. The van der Waals surface area contributed by atoms with E-state index in [1.165, 1.54) is 0 Å². The average Bonchev–Trinajstić information content (AvgIpc) is 2.90. The van der Waals surface area contributed by atoms with Gasteiger partial charge in [-0.15, -0.1) is 0 Å². The van der Waals surface area contributed by atoms with E-state index in [0.717, 1.165) is 24.1 Å². The van der Waals surface area contributed by atoms with E-state index in [1.54, 1.807) is 54.8 Å². The Kier molecular flexibility index (Phi) is 9.25. The molecule has 0 radical (unpaired) electrons. The molecule has 8 nitrogen and oxygen atoms in total. The highest BCUT2D eigenvalue weighted by molar-refractivity contribution is 6.15. The summed E-state index contributed by atoms with van der Waals surface area (Å²) in [6, 6.07) is 7.15. The lowest BCUT2D eigenvalue weighted by Crippen LogP contribution is -2.38. The Morgan fingerprint density at radius 2 is 1.00 bits per heavy atom. The maximum absolute atomic E-state index is 13.7. The molecule has 0 unspecified atom stereocenters. The van der Waals surface area contributed by atoms with Crippen LogP contribution in [0.4, 0.5) is 0 Å². The summed E-state index contributed by atoms with van der Waals surface area (Å²) in [6.07, 6.45) is 4.70. The van der Waals surface area contributed by atoms with Crippen LogP contribution in [0, 0.1) is 0 Å². The van der Waals surface area contributed by atoms with Gasteiger partial charge in [0.2, 0.25) is 0 Å². The summed E-state index contributed by atoms with van der Waals surface area (Å²) in [7, 11) is 9.47. The van der Waals surface area contributed by atoms with Crippen LogP contribution in [-0.2, 0) is 4.79 Å². The smallest absolute Gasteiger partial charge is 0.187 e. The quantitative estimate of drug-likeness (QED) is 0.444. The first-order chi connectivity index (χ1) is 17.4. The Balaban J connectivity index is 2.11. The van der Waals surface area contributed by atoms with Crippen molar-refractivity contribution in [1.29, 1.82) is 0 Å². The molecule has 2 aromatic carbocycles.